The molecule has 11 heavy (non-hydrogen) atoms. The number of rotatable bonds is 1. The zero-order valence-electron chi connectivity index (χ0n) is 6.11. The molecule has 0 atom stereocenters. The van der Waals surface area contributed by atoms with E-state index in [-0.39, 0.29) is 0 Å². The first-order chi connectivity index (χ1) is 5.04. The van der Waals surface area contributed by atoms with Gasteiger partial charge in [-0.3, -0.25) is 0 Å². The van der Waals surface area contributed by atoms with E-state index in [4.69, 9.17) is 5.26 Å². The fourth-order valence-corrected chi connectivity index (χ4v) is 1.62. The van der Waals surface area contributed by atoms with Gasteiger partial charge in [0.25, 0.3) is 0 Å². The van der Waals surface area contributed by atoms with Gasteiger partial charge < -0.3 is 0 Å². The maximum absolute atomic E-state index is 10.8. The van der Waals surface area contributed by atoms with Gasteiger partial charge in [-0.2, -0.15) is 9.57 Å². The molecule has 0 aliphatic carbocycles. The average Bonchev–Trinajstić information content (AvgIpc) is 1.74. The largest absolute Gasteiger partial charge is 0.212 e. The summed E-state index contributed by atoms with van der Waals surface area (Å²) < 4.78 is 22.9. The lowest BCUT2D eigenvalue weighted by molar-refractivity contribution is 0.395. The molecule has 1 fully saturated rings. The van der Waals surface area contributed by atoms with E-state index in [1.54, 1.807) is 0 Å². The van der Waals surface area contributed by atoms with E-state index in [0.29, 0.717) is 13.1 Å². The van der Waals surface area contributed by atoms with E-state index in [9.17, 15) is 8.42 Å². The summed E-state index contributed by atoms with van der Waals surface area (Å²) in [7, 11) is -3.03. The van der Waals surface area contributed by atoms with Crippen LogP contribution in [0.4, 0.5) is 0 Å². The van der Waals surface area contributed by atoms with E-state index >= 15 is 0 Å². The van der Waals surface area contributed by atoms with Gasteiger partial charge in [0.05, 0.1) is 12.3 Å². The Morgan fingerprint density at radius 2 is 2.18 bits per heavy atom. The quantitative estimate of drug-likeness (QED) is 0.511. The van der Waals surface area contributed by atoms with Gasteiger partial charge in [-0.15, -0.1) is 0 Å². The Bertz CT molecular complexity index is 315. The minimum absolute atomic E-state index is 0.381. The third kappa shape index (κ3) is 1.79. The van der Waals surface area contributed by atoms with Gasteiger partial charge in [0.2, 0.25) is 10.0 Å². The molecular formula is C6H8N2O2S. The fraction of sp³-hybridized carbons (Fsp3) is 0.500. The fourth-order valence-electron chi connectivity index (χ4n) is 0.824. The summed E-state index contributed by atoms with van der Waals surface area (Å²) in [6, 6.07) is 1.86. The molecule has 60 valence electrons. The highest BCUT2D eigenvalue weighted by atomic mass is 32.2. The third-order valence-corrected chi connectivity index (χ3v) is 2.69. The molecule has 0 unspecified atom stereocenters. The Kier molecular flexibility index (Phi) is 1.98. The second-order valence-corrected chi connectivity index (χ2v) is 4.45. The number of nitriles is 1. The molecule has 0 amide bonds. The van der Waals surface area contributed by atoms with Crippen molar-refractivity contribution in [1.82, 2.24) is 4.31 Å². The normalized spacial score (nSPS) is 18.7. The lowest BCUT2D eigenvalue weighted by Crippen LogP contribution is -2.43. The molecule has 0 spiro atoms. The zero-order valence-corrected chi connectivity index (χ0v) is 6.93. The maximum Gasteiger partial charge on any atom is 0.211 e. The van der Waals surface area contributed by atoms with Crippen LogP contribution in [0.3, 0.4) is 0 Å². The monoisotopic (exact) mass is 172 g/mol. The highest BCUT2D eigenvalue weighted by Gasteiger charge is 2.27. The van der Waals surface area contributed by atoms with Crippen molar-refractivity contribution in [2.75, 3.05) is 19.3 Å². The van der Waals surface area contributed by atoms with Crippen molar-refractivity contribution in [3.63, 3.8) is 0 Å². The highest BCUT2D eigenvalue weighted by Crippen LogP contribution is 2.16. The second-order valence-electron chi connectivity index (χ2n) is 2.46. The summed E-state index contributed by atoms with van der Waals surface area (Å²) >= 11 is 0. The first-order valence-electron chi connectivity index (χ1n) is 3.06. The molecule has 0 saturated carbocycles. The minimum Gasteiger partial charge on any atom is -0.212 e. The van der Waals surface area contributed by atoms with Crippen molar-refractivity contribution in [3.8, 4) is 6.07 Å². The first-order valence-corrected chi connectivity index (χ1v) is 4.91. The lowest BCUT2D eigenvalue weighted by Gasteiger charge is -2.30. The zero-order chi connectivity index (χ0) is 8.48. The van der Waals surface area contributed by atoms with Crippen LogP contribution in [0.2, 0.25) is 0 Å². The Hall–Kier alpha value is -0.860. The predicted molar refractivity (Wildman–Crippen MR) is 40.1 cm³/mol. The van der Waals surface area contributed by atoms with Crippen molar-refractivity contribution in [3.05, 3.63) is 11.6 Å². The molecule has 0 aromatic heterocycles. The maximum atomic E-state index is 10.8. The first kappa shape index (κ1) is 8.24. The molecule has 0 aromatic carbocycles. The molecule has 4 nitrogen and oxygen atoms in total. The van der Waals surface area contributed by atoms with E-state index in [1.165, 1.54) is 10.4 Å². The molecule has 0 bridgehead atoms. The van der Waals surface area contributed by atoms with E-state index in [1.807, 2.05) is 6.07 Å². The third-order valence-electron chi connectivity index (χ3n) is 1.50. The van der Waals surface area contributed by atoms with E-state index in [0.717, 1.165) is 11.8 Å². The number of hydrogen-bond donors (Lipinski definition) is 0. The average molecular weight is 172 g/mol. The Morgan fingerprint density at radius 3 is 2.55 bits per heavy atom. The van der Waals surface area contributed by atoms with Crippen molar-refractivity contribution >= 4 is 10.0 Å². The Labute approximate surface area is 65.8 Å². The topological polar surface area (TPSA) is 61.2 Å². The van der Waals surface area contributed by atoms with Gasteiger partial charge in [-0.25, -0.2) is 8.42 Å². The molecule has 0 aromatic rings. The van der Waals surface area contributed by atoms with E-state index in [2.05, 4.69) is 0 Å². The molecule has 0 radical (unpaired) electrons. The van der Waals surface area contributed by atoms with Gasteiger partial charge >= 0.3 is 0 Å². The highest BCUT2D eigenvalue weighted by molar-refractivity contribution is 7.88. The van der Waals surface area contributed by atoms with Crippen molar-refractivity contribution < 1.29 is 8.42 Å². The van der Waals surface area contributed by atoms with Crippen LogP contribution < -0.4 is 0 Å². The summed E-state index contributed by atoms with van der Waals surface area (Å²) in [6.07, 6.45) is 2.55. The van der Waals surface area contributed by atoms with Crippen molar-refractivity contribution in [2.45, 2.75) is 0 Å². The molecule has 1 aliphatic heterocycles. The van der Waals surface area contributed by atoms with Gasteiger partial charge in [-0.1, -0.05) is 0 Å². The molecule has 0 N–H and O–H groups in total. The number of sulfonamides is 1. The summed E-state index contributed by atoms with van der Waals surface area (Å²) in [5.74, 6) is 0. The lowest BCUT2D eigenvalue weighted by atomic mass is 10.1. The molecule has 1 heterocycles. The summed E-state index contributed by atoms with van der Waals surface area (Å²) in [5.41, 5.74) is 0.873. The predicted octanol–water partition coefficient (Wildman–Crippen LogP) is -0.288. The summed E-state index contributed by atoms with van der Waals surface area (Å²) in [4.78, 5) is 0. The van der Waals surface area contributed by atoms with Crippen LogP contribution in [0.1, 0.15) is 0 Å². The van der Waals surface area contributed by atoms with Crippen LogP contribution >= 0.6 is 0 Å². The minimum atomic E-state index is -3.03. The van der Waals surface area contributed by atoms with Crippen molar-refractivity contribution in [2.24, 2.45) is 0 Å². The molecular weight excluding hydrogens is 164 g/mol. The standard InChI is InChI=1S/C6H8N2O2S/c1-11(9,10)8-4-6(5-8)2-3-7/h2H,4-5H2,1H3. The van der Waals surface area contributed by atoms with Crippen LogP contribution in [0.25, 0.3) is 0 Å². The van der Waals surface area contributed by atoms with Gasteiger partial charge in [0, 0.05) is 19.2 Å². The molecule has 1 aliphatic rings. The van der Waals surface area contributed by atoms with Gasteiger partial charge in [0.1, 0.15) is 0 Å². The van der Waals surface area contributed by atoms with Crippen LogP contribution in [0.5, 0.6) is 0 Å². The van der Waals surface area contributed by atoms with E-state index < -0.39 is 10.0 Å². The molecule has 1 saturated heterocycles. The second kappa shape index (κ2) is 2.64. The van der Waals surface area contributed by atoms with Crippen molar-refractivity contribution in [1.29, 1.82) is 5.26 Å². The summed E-state index contributed by atoms with van der Waals surface area (Å²) in [6.45, 7) is 0.763. The summed E-state index contributed by atoms with van der Waals surface area (Å²) in [5, 5.41) is 8.20. The molecule has 5 heteroatoms. The van der Waals surface area contributed by atoms with Crippen LogP contribution in [-0.2, 0) is 10.0 Å². The van der Waals surface area contributed by atoms with Crippen LogP contribution in [-0.4, -0.2) is 32.1 Å². The number of nitrogens with zero attached hydrogens (tertiary/aromatic N) is 2. The smallest absolute Gasteiger partial charge is 0.211 e. The van der Waals surface area contributed by atoms with Gasteiger partial charge in [0.15, 0.2) is 0 Å². The molecule has 1 rings (SSSR count). The number of hydrogen-bond acceptors (Lipinski definition) is 3. The Balaban J connectivity index is 2.57. The number of allylic oxidation sites excluding steroid dienone is 1. The van der Waals surface area contributed by atoms with Crippen LogP contribution in [0, 0.1) is 11.3 Å². The van der Waals surface area contributed by atoms with Gasteiger partial charge in [-0.05, 0) is 5.57 Å². The Morgan fingerprint density at radius 1 is 1.64 bits per heavy atom. The SMILES string of the molecule is CS(=O)(=O)N1CC(=CC#N)C1. The van der Waals surface area contributed by atoms with Crippen LogP contribution in [0.15, 0.2) is 11.6 Å².